The average molecular weight is 306 g/mol. The molecule has 4 aromatic rings. The summed E-state index contributed by atoms with van der Waals surface area (Å²) in [4.78, 5) is 4.69. The fourth-order valence-corrected chi connectivity index (χ4v) is 2.80. The Morgan fingerprint density at radius 2 is 1.91 bits per heavy atom. The van der Waals surface area contributed by atoms with Gasteiger partial charge in [-0.2, -0.15) is 0 Å². The molecule has 0 saturated carbocycles. The van der Waals surface area contributed by atoms with Crippen LogP contribution >= 0.6 is 0 Å². The van der Waals surface area contributed by atoms with E-state index in [0.29, 0.717) is 6.54 Å². The molecule has 114 valence electrons. The molecule has 4 heteroatoms. The minimum Gasteiger partial charge on any atom is -0.458 e. The van der Waals surface area contributed by atoms with Crippen LogP contribution in [0.15, 0.2) is 65.1 Å². The van der Waals surface area contributed by atoms with Crippen molar-refractivity contribution in [3.05, 3.63) is 77.8 Å². The van der Waals surface area contributed by atoms with Gasteiger partial charge in [-0.15, -0.1) is 0 Å². The molecule has 0 aliphatic rings. The van der Waals surface area contributed by atoms with Gasteiger partial charge in [0.15, 0.2) is 11.6 Å². The lowest BCUT2D eigenvalue weighted by Gasteiger charge is -2.08. The first-order valence-corrected chi connectivity index (χ1v) is 7.47. The number of aromatic nitrogens is 2. The highest BCUT2D eigenvalue weighted by atomic mass is 19.1. The Bertz CT molecular complexity index is 984. The number of imidazole rings is 1. The first kappa shape index (κ1) is 13.8. The predicted molar refractivity (Wildman–Crippen MR) is 87.7 cm³/mol. The van der Waals surface area contributed by atoms with Gasteiger partial charge in [0, 0.05) is 6.54 Å². The van der Waals surface area contributed by atoms with E-state index < -0.39 is 0 Å². The zero-order chi connectivity index (χ0) is 15.8. The monoisotopic (exact) mass is 306 g/mol. The third-order valence-corrected chi connectivity index (χ3v) is 3.85. The summed E-state index contributed by atoms with van der Waals surface area (Å²) in [5, 5.41) is 0. The van der Waals surface area contributed by atoms with Crippen molar-refractivity contribution in [1.29, 1.82) is 0 Å². The lowest BCUT2D eigenvalue weighted by atomic mass is 10.2. The van der Waals surface area contributed by atoms with E-state index in [1.165, 1.54) is 6.07 Å². The van der Waals surface area contributed by atoms with Crippen LogP contribution in [0.2, 0.25) is 0 Å². The molecule has 0 spiro atoms. The minimum absolute atomic E-state index is 0.234. The third kappa shape index (κ3) is 2.52. The molecule has 0 aliphatic carbocycles. The lowest BCUT2D eigenvalue weighted by Crippen LogP contribution is -2.02. The maximum Gasteiger partial charge on any atom is 0.177 e. The maximum atomic E-state index is 13.5. The number of benzene rings is 2. The van der Waals surface area contributed by atoms with E-state index >= 15 is 0 Å². The molecule has 0 aliphatic heterocycles. The van der Waals surface area contributed by atoms with Crippen molar-refractivity contribution in [2.75, 3.05) is 0 Å². The van der Waals surface area contributed by atoms with Gasteiger partial charge in [0.05, 0.1) is 11.0 Å². The van der Waals surface area contributed by atoms with Crippen molar-refractivity contribution in [3.8, 4) is 11.6 Å². The number of rotatable bonds is 3. The van der Waals surface area contributed by atoms with E-state index in [9.17, 15) is 4.39 Å². The Labute approximate surface area is 133 Å². The summed E-state index contributed by atoms with van der Waals surface area (Å²) in [6, 6.07) is 18.4. The number of para-hydroxylation sites is 2. The number of aryl methyl sites for hydroxylation is 1. The van der Waals surface area contributed by atoms with Gasteiger partial charge in [0.1, 0.15) is 11.6 Å². The van der Waals surface area contributed by atoms with Crippen LogP contribution in [0.5, 0.6) is 0 Å². The number of hydrogen-bond acceptors (Lipinski definition) is 2. The second-order valence-corrected chi connectivity index (χ2v) is 5.55. The summed E-state index contributed by atoms with van der Waals surface area (Å²) in [6.07, 6.45) is 0. The van der Waals surface area contributed by atoms with Gasteiger partial charge in [0.25, 0.3) is 0 Å². The molecule has 0 N–H and O–H groups in total. The summed E-state index contributed by atoms with van der Waals surface area (Å²) in [5.41, 5.74) is 2.78. The molecule has 0 amide bonds. The smallest absolute Gasteiger partial charge is 0.177 e. The summed E-state index contributed by atoms with van der Waals surface area (Å²) in [5.74, 6) is 2.07. The van der Waals surface area contributed by atoms with E-state index in [2.05, 4.69) is 4.57 Å². The number of fused-ring (bicyclic) bond motifs is 1. The maximum absolute atomic E-state index is 13.5. The molecule has 0 radical (unpaired) electrons. The summed E-state index contributed by atoms with van der Waals surface area (Å²) < 4.78 is 21.3. The van der Waals surface area contributed by atoms with Crippen LogP contribution in [0.4, 0.5) is 4.39 Å². The number of halogens is 1. The number of furan rings is 1. The van der Waals surface area contributed by atoms with Crippen molar-refractivity contribution in [1.82, 2.24) is 9.55 Å². The highest BCUT2D eigenvalue weighted by molar-refractivity contribution is 5.79. The fourth-order valence-electron chi connectivity index (χ4n) is 2.80. The van der Waals surface area contributed by atoms with E-state index in [0.717, 1.165) is 33.9 Å². The van der Waals surface area contributed by atoms with E-state index in [-0.39, 0.29) is 5.82 Å². The Balaban J connectivity index is 1.89. The van der Waals surface area contributed by atoms with Crippen LogP contribution in [-0.4, -0.2) is 9.55 Å². The van der Waals surface area contributed by atoms with E-state index in [1.54, 1.807) is 12.1 Å². The molecule has 0 saturated heterocycles. The van der Waals surface area contributed by atoms with Crippen molar-refractivity contribution in [2.24, 2.45) is 0 Å². The van der Waals surface area contributed by atoms with Crippen LogP contribution in [0, 0.1) is 12.7 Å². The molecule has 3 nitrogen and oxygen atoms in total. The van der Waals surface area contributed by atoms with Crippen molar-refractivity contribution < 1.29 is 8.81 Å². The SMILES string of the molecule is Cc1ccc(-c2nc3ccccc3n2Cc2cccc(F)c2)o1. The summed E-state index contributed by atoms with van der Waals surface area (Å²) in [6.45, 7) is 2.44. The summed E-state index contributed by atoms with van der Waals surface area (Å²) in [7, 11) is 0. The van der Waals surface area contributed by atoms with Crippen LogP contribution in [-0.2, 0) is 6.54 Å². The van der Waals surface area contributed by atoms with Gasteiger partial charge < -0.3 is 8.98 Å². The molecule has 0 unspecified atom stereocenters. The quantitative estimate of drug-likeness (QED) is 0.545. The molecule has 2 aromatic carbocycles. The van der Waals surface area contributed by atoms with E-state index in [4.69, 9.17) is 9.40 Å². The van der Waals surface area contributed by atoms with Crippen molar-refractivity contribution in [2.45, 2.75) is 13.5 Å². The second-order valence-electron chi connectivity index (χ2n) is 5.55. The average Bonchev–Trinajstić information content (AvgIpc) is 3.12. The van der Waals surface area contributed by atoms with Crippen molar-refractivity contribution >= 4 is 11.0 Å². The topological polar surface area (TPSA) is 31.0 Å². The molecule has 0 fully saturated rings. The highest BCUT2D eigenvalue weighted by Crippen LogP contribution is 2.27. The van der Waals surface area contributed by atoms with Gasteiger partial charge >= 0.3 is 0 Å². The predicted octanol–water partition coefficient (Wildman–Crippen LogP) is 4.79. The molecule has 2 heterocycles. The van der Waals surface area contributed by atoms with Crippen LogP contribution < -0.4 is 0 Å². The molecule has 23 heavy (non-hydrogen) atoms. The second kappa shape index (κ2) is 5.39. The van der Waals surface area contributed by atoms with Crippen LogP contribution in [0.3, 0.4) is 0 Å². The van der Waals surface area contributed by atoms with Crippen LogP contribution in [0.1, 0.15) is 11.3 Å². The zero-order valence-corrected chi connectivity index (χ0v) is 12.7. The Morgan fingerprint density at radius 3 is 2.70 bits per heavy atom. The van der Waals surface area contributed by atoms with Crippen LogP contribution in [0.25, 0.3) is 22.6 Å². The minimum atomic E-state index is -0.234. The Morgan fingerprint density at radius 1 is 1.04 bits per heavy atom. The van der Waals surface area contributed by atoms with Crippen molar-refractivity contribution in [3.63, 3.8) is 0 Å². The number of nitrogens with zero attached hydrogens (tertiary/aromatic N) is 2. The van der Waals surface area contributed by atoms with Gasteiger partial charge in [-0.1, -0.05) is 24.3 Å². The molecule has 4 rings (SSSR count). The van der Waals surface area contributed by atoms with Gasteiger partial charge in [0.2, 0.25) is 0 Å². The molecular formula is C19H15FN2O. The Hall–Kier alpha value is -2.88. The normalized spacial score (nSPS) is 11.2. The van der Waals surface area contributed by atoms with E-state index in [1.807, 2.05) is 49.4 Å². The summed E-state index contributed by atoms with van der Waals surface area (Å²) >= 11 is 0. The Kier molecular flexibility index (Phi) is 3.23. The molecular weight excluding hydrogens is 291 g/mol. The number of hydrogen-bond donors (Lipinski definition) is 0. The zero-order valence-electron chi connectivity index (χ0n) is 12.7. The first-order valence-electron chi connectivity index (χ1n) is 7.47. The molecule has 0 bridgehead atoms. The molecule has 0 atom stereocenters. The highest BCUT2D eigenvalue weighted by Gasteiger charge is 2.15. The van der Waals surface area contributed by atoms with Gasteiger partial charge in [-0.25, -0.2) is 9.37 Å². The molecule has 2 aromatic heterocycles. The third-order valence-electron chi connectivity index (χ3n) is 3.85. The first-order chi connectivity index (χ1) is 11.2. The lowest BCUT2D eigenvalue weighted by molar-refractivity contribution is 0.540. The standard InChI is InChI=1S/C19H15FN2O/c1-13-9-10-18(23-13)19-21-16-7-2-3-8-17(16)22(19)12-14-5-4-6-15(20)11-14/h2-11H,12H2,1H3. The van der Waals surface area contributed by atoms with Gasteiger partial charge in [-0.3, -0.25) is 0 Å². The van der Waals surface area contributed by atoms with Gasteiger partial charge in [-0.05, 0) is 48.9 Å². The fraction of sp³-hybridized carbons (Fsp3) is 0.105. The largest absolute Gasteiger partial charge is 0.458 e.